The van der Waals surface area contributed by atoms with Gasteiger partial charge >= 0.3 is 0 Å². The molecule has 6 nitrogen and oxygen atoms in total. The summed E-state index contributed by atoms with van der Waals surface area (Å²) < 4.78 is 4.15. The molecule has 0 spiro atoms. The van der Waals surface area contributed by atoms with E-state index in [1.54, 1.807) is 28.7 Å². The van der Waals surface area contributed by atoms with E-state index in [0.717, 1.165) is 27.5 Å². The molecule has 3 heterocycles. The first-order valence-electron chi connectivity index (χ1n) is 10.6. The number of aromatic nitrogens is 3. The van der Waals surface area contributed by atoms with E-state index in [-0.39, 0.29) is 18.0 Å². The zero-order chi connectivity index (χ0) is 23.2. The van der Waals surface area contributed by atoms with E-state index in [2.05, 4.69) is 10.3 Å². The van der Waals surface area contributed by atoms with E-state index in [1.165, 1.54) is 11.3 Å². The van der Waals surface area contributed by atoms with Gasteiger partial charge in [-0.25, -0.2) is 9.38 Å². The maximum atomic E-state index is 13.2. The van der Waals surface area contributed by atoms with Crippen LogP contribution in [0.15, 0.2) is 83.8 Å². The summed E-state index contributed by atoms with van der Waals surface area (Å²) in [5.74, 6) is -0.153. The molecule has 3 aromatic heterocycles. The van der Waals surface area contributed by atoms with Crippen LogP contribution < -0.4 is 15.4 Å². The van der Waals surface area contributed by atoms with Crippen LogP contribution in [0.5, 0.6) is 0 Å². The molecule has 0 radical (unpaired) electrons. The topological polar surface area (TPSA) is 68.4 Å². The summed E-state index contributed by atoms with van der Waals surface area (Å²) in [6, 6.07) is 22.5. The van der Waals surface area contributed by atoms with E-state index in [0.29, 0.717) is 20.2 Å². The monoisotopic (exact) mass is 484 g/mol. The van der Waals surface area contributed by atoms with Crippen molar-refractivity contribution in [3.63, 3.8) is 0 Å². The van der Waals surface area contributed by atoms with Crippen molar-refractivity contribution in [3.8, 4) is 0 Å². The molecular formula is C26H17ClN4O2S. The van der Waals surface area contributed by atoms with Crippen LogP contribution in [0.2, 0.25) is 5.02 Å². The van der Waals surface area contributed by atoms with Gasteiger partial charge in [0.1, 0.15) is 6.54 Å². The molecule has 0 saturated heterocycles. The molecule has 0 aliphatic rings. The minimum atomic E-state index is -0.153. The number of fused-ring (bicyclic) bond motifs is 4. The highest BCUT2D eigenvalue weighted by Gasteiger charge is 2.13. The molecule has 1 amide bonds. The highest BCUT2D eigenvalue weighted by Crippen LogP contribution is 2.23. The molecule has 0 aliphatic heterocycles. The summed E-state index contributed by atoms with van der Waals surface area (Å²) in [4.78, 5) is 31.1. The predicted molar refractivity (Wildman–Crippen MR) is 138 cm³/mol. The van der Waals surface area contributed by atoms with Crippen molar-refractivity contribution in [3.05, 3.63) is 104 Å². The number of carbonyl (C=O) groups is 1. The fourth-order valence-corrected chi connectivity index (χ4v) is 5.27. The predicted octanol–water partition coefficient (Wildman–Crippen LogP) is 4.70. The molecule has 0 bridgehead atoms. The van der Waals surface area contributed by atoms with Gasteiger partial charge in [-0.05, 0) is 48.5 Å². The van der Waals surface area contributed by atoms with Crippen molar-refractivity contribution in [1.82, 2.24) is 14.0 Å². The summed E-state index contributed by atoms with van der Waals surface area (Å²) in [5, 5.41) is 4.48. The summed E-state index contributed by atoms with van der Waals surface area (Å²) >= 11 is 7.29. The maximum Gasteiger partial charge on any atom is 0.274 e. The van der Waals surface area contributed by atoms with Crippen molar-refractivity contribution in [2.24, 2.45) is 0 Å². The van der Waals surface area contributed by atoms with E-state index < -0.39 is 0 Å². The number of halogens is 1. The third kappa shape index (κ3) is 3.55. The molecule has 0 atom stereocenters. The van der Waals surface area contributed by atoms with Crippen LogP contribution in [-0.4, -0.2) is 19.9 Å². The van der Waals surface area contributed by atoms with E-state index >= 15 is 0 Å². The van der Waals surface area contributed by atoms with Gasteiger partial charge < -0.3 is 9.88 Å². The van der Waals surface area contributed by atoms with Crippen molar-refractivity contribution < 1.29 is 4.79 Å². The molecule has 34 heavy (non-hydrogen) atoms. The Hall–Kier alpha value is -3.94. The Kier molecular flexibility index (Phi) is 4.94. The minimum absolute atomic E-state index is 0.0917. The van der Waals surface area contributed by atoms with Crippen molar-refractivity contribution in [2.45, 2.75) is 6.54 Å². The number of nitrogens with one attached hydrogen (secondary N) is 1. The zero-order valence-corrected chi connectivity index (χ0v) is 19.3. The number of amides is 1. The number of imidazole rings is 1. The number of hydrogen-bond donors (Lipinski definition) is 1. The van der Waals surface area contributed by atoms with Gasteiger partial charge in [0.05, 0.1) is 15.6 Å². The summed E-state index contributed by atoms with van der Waals surface area (Å²) in [6.07, 6.45) is 3.79. The second kappa shape index (κ2) is 8.13. The Labute approximate surface area is 202 Å². The average molecular weight is 485 g/mol. The molecule has 6 rings (SSSR count). The number of nitrogens with zero attached hydrogens (tertiary/aromatic N) is 3. The largest absolute Gasteiger partial charge is 0.337 e. The van der Waals surface area contributed by atoms with E-state index in [4.69, 9.17) is 11.6 Å². The standard InChI is InChI=1S/C26H17ClN4O2S/c27-17-9-11-18(12-10-17)28-24(32)15-30-14-16(19-5-1-3-7-21(19)30)13-23-25(33)31-22-8-4-2-6-20(22)29-26(31)34-23/h1-14H,15H2,(H,28,32)/b23-13-. The summed E-state index contributed by atoms with van der Waals surface area (Å²) in [6.45, 7) is 0.139. The second-order valence-corrected chi connectivity index (χ2v) is 9.36. The molecule has 0 saturated carbocycles. The van der Waals surface area contributed by atoms with Crippen LogP contribution >= 0.6 is 22.9 Å². The number of anilines is 1. The first-order valence-corrected chi connectivity index (χ1v) is 11.8. The highest BCUT2D eigenvalue weighted by atomic mass is 35.5. The van der Waals surface area contributed by atoms with Crippen LogP contribution in [0.25, 0.3) is 33.0 Å². The zero-order valence-electron chi connectivity index (χ0n) is 17.7. The molecule has 1 N–H and O–H groups in total. The molecule has 0 aliphatic carbocycles. The van der Waals surface area contributed by atoms with Gasteiger partial charge in [0.25, 0.3) is 5.56 Å². The fourth-order valence-electron chi connectivity index (χ4n) is 4.16. The third-order valence-corrected chi connectivity index (χ3v) is 6.91. The van der Waals surface area contributed by atoms with Gasteiger partial charge in [0, 0.05) is 33.4 Å². The van der Waals surface area contributed by atoms with E-state index in [9.17, 15) is 9.59 Å². The quantitative estimate of drug-likeness (QED) is 0.394. The van der Waals surface area contributed by atoms with Gasteiger partial charge in [0.2, 0.25) is 5.91 Å². The SMILES string of the molecule is O=C(Cn1cc(/C=c2\sc3nc4ccccc4n3c2=O)c2ccccc21)Nc1ccc(Cl)cc1. The van der Waals surface area contributed by atoms with Gasteiger partial charge in [-0.15, -0.1) is 0 Å². The van der Waals surface area contributed by atoms with Crippen molar-refractivity contribution in [1.29, 1.82) is 0 Å². The molecule has 6 aromatic rings. The van der Waals surface area contributed by atoms with Gasteiger partial charge in [0.15, 0.2) is 4.96 Å². The van der Waals surface area contributed by atoms with Gasteiger partial charge in [-0.2, -0.15) is 0 Å². The molecule has 3 aromatic carbocycles. The maximum absolute atomic E-state index is 13.2. The second-order valence-electron chi connectivity index (χ2n) is 7.92. The summed E-state index contributed by atoms with van der Waals surface area (Å²) in [7, 11) is 0. The normalized spacial score (nSPS) is 12.2. The molecular weight excluding hydrogens is 468 g/mol. The van der Waals surface area contributed by atoms with E-state index in [1.807, 2.05) is 65.4 Å². The molecule has 166 valence electrons. The van der Waals surface area contributed by atoms with Crippen LogP contribution in [0.3, 0.4) is 0 Å². The molecule has 0 fully saturated rings. The lowest BCUT2D eigenvalue weighted by Gasteiger charge is -2.07. The van der Waals surface area contributed by atoms with Crippen molar-refractivity contribution >= 4 is 67.5 Å². The minimum Gasteiger partial charge on any atom is -0.337 e. The van der Waals surface area contributed by atoms with Crippen LogP contribution in [0.1, 0.15) is 5.56 Å². The Morgan fingerprint density at radius 1 is 1.00 bits per heavy atom. The lowest BCUT2D eigenvalue weighted by atomic mass is 10.2. The van der Waals surface area contributed by atoms with Crippen molar-refractivity contribution in [2.75, 3.05) is 5.32 Å². The number of thiazole rings is 1. The fraction of sp³-hybridized carbons (Fsp3) is 0.0385. The molecule has 8 heteroatoms. The lowest BCUT2D eigenvalue weighted by Crippen LogP contribution is -2.22. The average Bonchev–Trinajstić information content (AvgIpc) is 3.47. The Bertz CT molecular complexity index is 1820. The van der Waals surface area contributed by atoms with Gasteiger partial charge in [-0.3, -0.25) is 9.59 Å². The van der Waals surface area contributed by atoms with Crippen LogP contribution in [-0.2, 0) is 11.3 Å². The lowest BCUT2D eigenvalue weighted by molar-refractivity contribution is -0.116. The first-order chi connectivity index (χ1) is 16.6. The third-order valence-electron chi connectivity index (χ3n) is 5.69. The smallest absolute Gasteiger partial charge is 0.274 e. The summed E-state index contributed by atoms with van der Waals surface area (Å²) in [5.41, 5.74) is 3.99. The number of benzene rings is 3. The van der Waals surface area contributed by atoms with Crippen LogP contribution in [0.4, 0.5) is 5.69 Å². The Balaban J connectivity index is 1.40. The number of carbonyl (C=O) groups excluding carboxylic acids is 1. The Morgan fingerprint density at radius 2 is 1.74 bits per heavy atom. The molecule has 0 unspecified atom stereocenters. The number of para-hydroxylation sites is 3. The van der Waals surface area contributed by atoms with Gasteiger partial charge in [-0.1, -0.05) is 53.3 Å². The number of rotatable bonds is 4. The van der Waals surface area contributed by atoms with Crippen LogP contribution in [0, 0.1) is 0 Å². The first kappa shape index (κ1) is 20.7. The Morgan fingerprint density at radius 3 is 2.56 bits per heavy atom. The highest BCUT2D eigenvalue weighted by molar-refractivity contribution is 7.15. The number of hydrogen-bond acceptors (Lipinski definition) is 4.